The van der Waals surface area contributed by atoms with E-state index in [2.05, 4.69) is 0 Å². The van der Waals surface area contributed by atoms with Crippen LogP contribution in [0.25, 0.3) is 0 Å². The van der Waals surface area contributed by atoms with Gasteiger partial charge < -0.3 is 10.2 Å². The Labute approximate surface area is 243 Å². The molecule has 0 aliphatic heterocycles. The second-order valence-electron chi connectivity index (χ2n) is 10.7. The van der Waals surface area contributed by atoms with Crippen LogP contribution >= 0.6 is 0 Å². The molecule has 0 fully saturated rings. The number of benzene rings is 4. The Morgan fingerprint density at radius 3 is 1.36 bits per heavy atom. The average Bonchev–Trinajstić information content (AvgIpc) is 2.97. The van der Waals surface area contributed by atoms with Crippen molar-refractivity contribution < 1.29 is 33.0 Å². The highest BCUT2D eigenvalue weighted by molar-refractivity contribution is 5.82. The van der Waals surface area contributed by atoms with Gasteiger partial charge in [0.15, 0.2) is 0 Å². The summed E-state index contributed by atoms with van der Waals surface area (Å²) in [5.74, 6) is -0.930. The van der Waals surface area contributed by atoms with E-state index < -0.39 is 11.6 Å². The van der Waals surface area contributed by atoms with Crippen molar-refractivity contribution >= 4 is 11.6 Å². The van der Waals surface area contributed by atoms with Crippen molar-refractivity contribution in [3.8, 4) is 11.5 Å². The summed E-state index contributed by atoms with van der Waals surface area (Å²) >= 11 is 0. The Morgan fingerprint density at radius 2 is 1.00 bits per heavy atom. The van der Waals surface area contributed by atoms with Crippen LogP contribution in [0.2, 0.25) is 0 Å². The molecule has 0 heterocycles. The highest BCUT2D eigenvalue weighted by Crippen LogP contribution is 2.47. The fraction of sp³-hybridized carbons (Fsp3) is 0.257. The molecule has 42 heavy (non-hydrogen) atoms. The van der Waals surface area contributed by atoms with Crippen molar-refractivity contribution in [1.82, 2.24) is 0 Å². The summed E-state index contributed by atoms with van der Waals surface area (Å²) in [4.78, 5) is 25.4. The Balaban J connectivity index is 1.57. The molecular weight excluding hydrogens is 541 g/mol. The standard InChI is InChI=1S/C35H33F3O4/c1-34(35(36,37)38,28-14-18-32(41)26(20-28)22-30(39)16-12-24-8-4-2-5-9-24)29-15-19-33(42)27(21-29)23-31(40)17-13-25-10-6-3-7-11-25/h2-11,14-15,18-21,41-42H,12-13,16-17,22-23H2,1H3. The first-order valence-electron chi connectivity index (χ1n) is 13.8. The predicted octanol–water partition coefficient (Wildman–Crippen LogP) is 7.45. The number of rotatable bonds is 12. The average molecular weight is 575 g/mol. The maximum Gasteiger partial charge on any atom is 0.402 e. The van der Waals surface area contributed by atoms with E-state index in [9.17, 15) is 33.0 Å². The molecule has 0 saturated heterocycles. The van der Waals surface area contributed by atoms with Crippen molar-refractivity contribution in [1.29, 1.82) is 0 Å². The van der Waals surface area contributed by atoms with E-state index in [1.807, 2.05) is 60.7 Å². The van der Waals surface area contributed by atoms with Crippen molar-refractivity contribution in [2.75, 3.05) is 0 Å². The zero-order valence-corrected chi connectivity index (χ0v) is 23.3. The molecule has 0 amide bonds. The number of phenolic OH excluding ortho intramolecular Hbond substituents is 2. The lowest BCUT2D eigenvalue weighted by Gasteiger charge is -2.34. The molecule has 0 saturated carbocycles. The first kappa shape index (κ1) is 30.6. The van der Waals surface area contributed by atoms with Gasteiger partial charge in [-0.1, -0.05) is 84.9 Å². The molecule has 218 valence electrons. The summed E-state index contributed by atoms with van der Waals surface area (Å²) < 4.78 is 44.5. The fourth-order valence-electron chi connectivity index (χ4n) is 5.03. The van der Waals surface area contributed by atoms with E-state index in [4.69, 9.17) is 0 Å². The third-order valence-electron chi connectivity index (χ3n) is 7.73. The van der Waals surface area contributed by atoms with Gasteiger partial charge in [-0.15, -0.1) is 0 Å². The number of carbonyl (C=O) groups is 2. The number of aryl methyl sites for hydroxylation is 2. The summed E-state index contributed by atoms with van der Waals surface area (Å²) in [7, 11) is 0. The van der Waals surface area contributed by atoms with E-state index in [1.165, 1.54) is 36.4 Å². The van der Waals surface area contributed by atoms with Crippen LogP contribution in [0.1, 0.15) is 53.1 Å². The molecule has 4 rings (SSSR count). The highest BCUT2D eigenvalue weighted by atomic mass is 19.4. The summed E-state index contributed by atoms with van der Waals surface area (Å²) in [5.41, 5.74) is -0.716. The van der Waals surface area contributed by atoms with Crippen LogP contribution in [0, 0.1) is 0 Å². The molecule has 4 nitrogen and oxygen atoms in total. The molecule has 0 spiro atoms. The molecule has 0 bridgehead atoms. The highest BCUT2D eigenvalue weighted by Gasteiger charge is 2.53. The Bertz CT molecular complexity index is 1420. The quantitative estimate of drug-likeness (QED) is 0.184. The van der Waals surface area contributed by atoms with Crippen LogP contribution in [-0.4, -0.2) is 28.0 Å². The number of hydrogen-bond acceptors (Lipinski definition) is 4. The zero-order valence-electron chi connectivity index (χ0n) is 23.3. The van der Waals surface area contributed by atoms with Crippen molar-refractivity contribution in [2.45, 2.75) is 57.0 Å². The van der Waals surface area contributed by atoms with Gasteiger partial charge in [0, 0.05) is 36.8 Å². The first-order chi connectivity index (χ1) is 20.0. The lowest BCUT2D eigenvalue weighted by atomic mass is 9.74. The maximum atomic E-state index is 14.8. The van der Waals surface area contributed by atoms with Crippen molar-refractivity contribution in [3.05, 3.63) is 130 Å². The number of Topliss-reactive ketones (excluding diaryl/α,β-unsaturated/α-hetero) is 2. The molecule has 0 unspecified atom stereocenters. The molecule has 0 aliphatic rings. The Morgan fingerprint density at radius 1 is 0.619 bits per heavy atom. The monoisotopic (exact) mass is 574 g/mol. The van der Waals surface area contributed by atoms with Crippen LogP contribution < -0.4 is 0 Å². The Hall–Kier alpha value is -4.39. The molecule has 0 aromatic heterocycles. The Kier molecular flexibility index (Phi) is 9.51. The van der Waals surface area contributed by atoms with Gasteiger partial charge in [-0.3, -0.25) is 9.59 Å². The number of aromatic hydroxyl groups is 2. The topological polar surface area (TPSA) is 74.6 Å². The van der Waals surface area contributed by atoms with Crippen molar-refractivity contribution in [3.63, 3.8) is 0 Å². The molecular formula is C35H33F3O4. The summed E-state index contributed by atoms with van der Waals surface area (Å²) in [5, 5.41) is 20.8. The molecule has 0 atom stereocenters. The van der Waals surface area contributed by atoms with Gasteiger partial charge >= 0.3 is 6.18 Å². The number of halogens is 3. The lowest BCUT2D eigenvalue weighted by Crippen LogP contribution is -2.40. The molecule has 7 heteroatoms. The smallest absolute Gasteiger partial charge is 0.402 e. The van der Waals surface area contributed by atoms with Gasteiger partial charge in [0.05, 0.1) is 0 Å². The van der Waals surface area contributed by atoms with E-state index in [0.29, 0.717) is 12.8 Å². The second kappa shape index (κ2) is 13.1. The molecule has 2 N–H and O–H groups in total. The number of phenols is 2. The van der Waals surface area contributed by atoms with Crippen molar-refractivity contribution in [2.24, 2.45) is 0 Å². The largest absolute Gasteiger partial charge is 0.508 e. The summed E-state index contributed by atoms with van der Waals surface area (Å²) in [6, 6.07) is 25.9. The van der Waals surface area contributed by atoms with Crippen LogP contribution in [0.3, 0.4) is 0 Å². The van der Waals surface area contributed by atoms with E-state index in [0.717, 1.165) is 18.1 Å². The minimum absolute atomic E-state index is 0.108. The van der Waals surface area contributed by atoms with Gasteiger partial charge in [-0.2, -0.15) is 13.2 Å². The SMILES string of the molecule is CC(c1ccc(O)c(CC(=O)CCc2ccccc2)c1)(c1ccc(O)c(CC(=O)CCc2ccccc2)c1)C(F)(F)F. The van der Waals surface area contributed by atoms with E-state index >= 15 is 0 Å². The first-order valence-corrected chi connectivity index (χ1v) is 13.8. The van der Waals surface area contributed by atoms with E-state index in [1.54, 1.807) is 0 Å². The minimum Gasteiger partial charge on any atom is -0.508 e. The third-order valence-corrected chi connectivity index (χ3v) is 7.73. The number of ketones is 2. The van der Waals surface area contributed by atoms with Crippen LogP contribution in [0.15, 0.2) is 97.1 Å². The number of carbonyl (C=O) groups excluding carboxylic acids is 2. The zero-order chi connectivity index (χ0) is 30.3. The predicted molar refractivity (Wildman–Crippen MR) is 156 cm³/mol. The van der Waals surface area contributed by atoms with Gasteiger partial charge in [0.2, 0.25) is 0 Å². The number of hydrogen-bond donors (Lipinski definition) is 2. The molecule has 4 aromatic carbocycles. The minimum atomic E-state index is -4.77. The van der Waals surface area contributed by atoms with Gasteiger partial charge in [0.25, 0.3) is 0 Å². The molecule has 4 aromatic rings. The fourth-order valence-corrected chi connectivity index (χ4v) is 5.03. The number of alkyl halides is 3. The van der Waals surface area contributed by atoms with Gasteiger partial charge in [-0.05, 0) is 54.2 Å². The van der Waals surface area contributed by atoms with Crippen LogP contribution in [0.5, 0.6) is 11.5 Å². The molecule has 0 aliphatic carbocycles. The van der Waals surface area contributed by atoms with Gasteiger partial charge in [0.1, 0.15) is 28.5 Å². The van der Waals surface area contributed by atoms with Crippen LogP contribution in [0.4, 0.5) is 13.2 Å². The maximum absolute atomic E-state index is 14.8. The summed E-state index contributed by atoms with van der Waals surface area (Å²) in [6.45, 7) is 1.02. The van der Waals surface area contributed by atoms with Gasteiger partial charge in [-0.25, -0.2) is 0 Å². The normalized spacial score (nSPS) is 11.8. The third kappa shape index (κ3) is 7.27. The second-order valence-corrected chi connectivity index (χ2v) is 10.7. The lowest BCUT2D eigenvalue weighted by molar-refractivity contribution is -0.173. The molecule has 0 radical (unpaired) electrons. The summed E-state index contributed by atoms with van der Waals surface area (Å²) in [6.07, 6.45) is -3.85. The van der Waals surface area contributed by atoms with E-state index in [-0.39, 0.29) is 71.0 Å². The van der Waals surface area contributed by atoms with Crippen LogP contribution in [-0.2, 0) is 40.7 Å².